The third-order valence-corrected chi connectivity index (χ3v) is 2.89. The van der Waals surface area contributed by atoms with E-state index < -0.39 is 11.9 Å². The molecule has 0 saturated carbocycles. The van der Waals surface area contributed by atoms with Gasteiger partial charge in [-0.1, -0.05) is 13.8 Å². The topological polar surface area (TPSA) is 84.1 Å². The molecule has 19 heavy (non-hydrogen) atoms. The summed E-state index contributed by atoms with van der Waals surface area (Å²) in [7, 11) is 3.96. The van der Waals surface area contributed by atoms with Gasteiger partial charge in [0.05, 0.1) is 12.5 Å². The van der Waals surface area contributed by atoms with E-state index in [0.29, 0.717) is 25.3 Å². The maximum atomic E-state index is 11.2. The number of hydrogen-bond acceptors (Lipinski definition) is 5. The summed E-state index contributed by atoms with van der Waals surface area (Å²) in [5, 5.41) is 20.7. The highest BCUT2D eigenvalue weighted by molar-refractivity contribution is 5.69. The SMILES string of the molecule is CC(C)CC(Cn1nnnc1CCN(C)C)C(=O)O. The Morgan fingerprint density at radius 1 is 1.42 bits per heavy atom. The molecule has 0 fully saturated rings. The first-order valence-corrected chi connectivity index (χ1v) is 6.52. The van der Waals surface area contributed by atoms with Gasteiger partial charge in [0.15, 0.2) is 5.82 Å². The van der Waals surface area contributed by atoms with Crippen molar-refractivity contribution in [3.05, 3.63) is 5.82 Å². The van der Waals surface area contributed by atoms with Crippen LogP contribution in [0.1, 0.15) is 26.1 Å². The van der Waals surface area contributed by atoms with Gasteiger partial charge < -0.3 is 10.0 Å². The highest BCUT2D eigenvalue weighted by Crippen LogP contribution is 2.14. The fraction of sp³-hybridized carbons (Fsp3) is 0.833. The minimum absolute atomic E-state index is 0.336. The van der Waals surface area contributed by atoms with Crippen LogP contribution in [-0.4, -0.2) is 56.8 Å². The first-order valence-electron chi connectivity index (χ1n) is 6.52. The van der Waals surface area contributed by atoms with E-state index in [-0.39, 0.29) is 0 Å². The summed E-state index contributed by atoms with van der Waals surface area (Å²) in [6.45, 7) is 5.20. The Balaban J connectivity index is 2.68. The van der Waals surface area contributed by atoms with Crippen LogP contribution in [0.5, 0.6) is 0 Å². The summed E-state index contributed by atoms with van der Waals surface area (Å²) in [4.78, 5) is 13.3. The Bertz CT molecular complexity index is 403. The molecule has 0 radical (unpaired) electrons. The molecule has 1 unspecified atom stereocenters. The number of nitrogens with zero attached hydrogens (tertiary/aromatic N) is 5. The van der Waals surface area contributed by atoms with Gasteiger partial charge in [0.1, 0.15) is 0 Å². The van der Waals surface area contributed by atoms with Crippen LogP contribution in [0.2, 0.25) is 0 Å². The van der Waals surface area contributed by atoms with E-state index in [9.17, 15) is 9.90 Å². The highest BCUT2D eigenvalue weighted by Gasteiger charge is 2.21. The second-order valence-electron chi connectivity index (χ2n) is 5.50. The molecule has 0 spiro atoms. The van der Waals surface area contributed by atoms with E-state index in [1.807, 2.05) is 32.8 Å². The van der Waals surface area contributed by atoms with Crippen molar-refractivity contribution >= 4 is 5.97 Å². The van der Waals surface area contributed by atoms with E-state index in [4.69, 9.17) is 0 Å². The summed E-state index contributed by atoms with van der Waals surface area (Å²) in [6.07, 6.45) is 1.34. The van der Waals surface area contributed by atoms with Gasteiger partial charge in [-0.2, -0.15) is 0 Å². The smallest absolute Gasteiger partial charge is 0.308 e. The second kappa shape index (κ2) is 7.18. The molecule has 1 aromatic heterocycles. The molecule has 108 valence electrons. The number of hydrogen-bond donors (Lipinski definition) is 1. The molecule has 1 atom stereocenters. The zero-order valence-corrected chi connectivity index (χ0v) is 12.1. The number of carboxylic acid groups (broad SMARTS) is 1. The maximum Gasteiger partial charge on any atom is 0.308 e. The minimum Gasteiger partial charge on any atom is -0.481 e. The Labute approximate surface area is 113 Å². The lowest BCUT2D eigenvalue weighted by molar-refractivity contribution is -0.142. The van der Waals surface area contributed by atoms with Crippen molar-refractivity contribution in [3.63, 3.8) is 0 Å². The number of carboxylic acids is 1. The molecular weight excluding hydrogens is 246 g/mol. The van der Waals surface area contributed by atoms with Crippen molar-refractivity contribution < 1.29 is 9.90 Å². The largest absolute Gasteiger partial charge is 0.481 e. The van der Waals surface area contributed by atoms with Gasteiger partial charge in [0, 0.05) is 13.0 Å². The molecule has 7 nitrogen and oxygen atoms in total. The summed E-state index contributed by atoms with van der Waals surface area (Å²) >= 11 is 0. The first kappa shape index (κ1) is 15.6. The predicted molar refractivity (Wildman–Crippen MR) is 70.7 cm³/mol. The number of aromatic nitrogens is 4. The van der Waals surface area contributed by atoms with Crippen LogP contribution in [-0.2, 0) is 17.8 Å². The van der Waals surface area contributed by atoms with Crippen molar-refractivity contribution in [2.45, 2.75) is 33.2 Å². The first-order chi connectivity index (χ1) is 8.90. The van der Waals surface area contributed by atoms with Gasteiger partial charge in [0.2, 0.25) is 0 Å². The van der Waals surface area contributed by atoms with Gasteiger partial charge in [-0.15, -0.1) is 5.10 Å². The van der Waals surface area contributed by atoms with Gasteiger partial charge in [-0.05, 0) is 36.9 Å². The predicted octanol–water partition coefficient (Wildman–Crippen LogP) is 0.524. The van der Waals surface area contributed by atoms with E-state index >= 15 is 0 Å². The van der Waals surface area contributed by atoms with Crippen molar-refractivity contribution in [1.82, 2.24) is 25.1 Å². The van der Waals surface area contributed by atoms with Crippen LogP contribution in [0, 0.1) is 11.8 Å². The maximum absolute atomic E-state index is 11.2. The van der Waals surface area contributed by atoms with Gasteiger partial charge in [-0.25, -0.2) is 4.68 Å². The zero-order valence-electron chi connectivity index (χ0n) is 12.1. The summed E-state index contributed by atoms with van der Waals surface area (Å²) < 4.78 is 1.62. The molecule has 1 rings (SSSR count). The average Bonchev–Trinajstić information content (AvgIpc) is 2.72. The molecule has 1 heterocycles. The van der Waals surface area contributed by atoms with E-state index in [1.54, 1.807) is 4.68 Å². The van der Waals surface area contributed by atoms with E-state index in [1.165, 1.54) is 0 Å². The summed E-state index contributed by atoms with van der Waals surface area (Å²) in [5.41, 5.74) is 0. The Hall–Kier alpha value is -1.50. The molecule has 0 saturated heterocycles. The molecule has 0 aromatic carbocycles. The third kappa shape index (κ3) is 5.34. The zero-order chi connectivity index (χ0) is 14.4. The van der Waals surface area contributed by atoms with E-state index in [0.717, 1.165) is 12.4 Å². The summed E-state index contributed by atoms with van der Waals surface area (Å²) in [6, 6.07) is 0. The van der Waals surface area contributed by atoms with Crippen LogP contribution < -0.4 is 0 Å². The van der Waals surface area contributed by atoms with Crippen molar-refractivity contribution in [2.24, 2.45) is 11.8 Å². The third-order valence-electron chi connectivity index (χ3n) is 2.89. The molecule has 0 bridgehead atoms. The number of aliphatic carboxylic acids is 1. The Morgan fingerprint density at radius 3 is 2.63 bits per heavy atom. The van der Waals surface area contributed by atoms with E-state index in [2.05, 4.69) is 15.5 Å². The van der Waals surface area contributed by atoms with Crippen molar-refractivity contribution in [3.8, 4) is 0 Å². The van der Waals surface area contributed by atoms with Crippen LogP contribution in [0.15, 0.2) is 0 Å². The standard InChI is InChI=1S/C12H23N5O2/c1-9(2)7-10(12(18)19)8-17-11(13-14-15-17)5-6-16(3)4/h9-10H,5-8H2,1-4H3,(H,18,19). The molecule has 0 amide bonds. The fourth-order valence-corrected chi connectivity index (χ4v) is 1.90. The highest BCUT2D eigenvalue weighted by atomic mass is 16.4. The molecule has 0 aliphatic heterocycles. The Kier molecular flexibility index (Phi) is 5.88. The average molecular weight is 269 g/mol. The number of carbonyl (C=O) groups is 1. The van der Waals surface area contributed by atoms with Crippen LogP contribution >= 0.6 is 0 Å². The molecule has 1 N–H and O–H groups in total. The molecule has 1 aromatic rings. The van der Waals surface area contributed by atoms with Crippen LogP contribution in [0.4, 0.5) is 0 Å². The quantitative estimate of drug-likeness (QED) is 0.741. The lowest BCUT2D eigenvalue weighted by atomic mass is 9.97. The second-order valence-corrected chi connectivity index (χ2v) is 5.50. The normalized spacial score (nSPS) is 13.2. The van der Waals surface area contributed by atoms with Crippen molar-refractivity contribution in [2.75, 3.05) is 20.6 Å². The Morgan fingerprint density at radius 2 is 2.11 bits per heavy atom. The monoisotopic (exact) mass is 269 g/mol. The van der Waals surface area contributed by atoms with Gasteiger partial charge in [0.25, 0.3) is 0 Å². The molecule has 0 aliphatic rings. The van der Waals surface area contributed by atoms with Crippen LogP contribution in [0.25, 0.3) is 0 Å². The number of rotatable bonds is 8. The van der Waals surface area contributed by atoms with Gasteiger partial charge in [-0.3, -0.25) is 4.79 Å². The molecule has 0 aliphatic carbocycles. The van der Waals surface area contributed by atoms with Gasteiger partial charge >= 0.3 is 5.97 Å². The van der Waals surface area contributed by atoms with Crippen LogP contribution in [0.3, 0.4) is 0 Å². The number of tetrazole rings is 1. The fourth-order valence-electron chi connectivity index (χ4n) is 1.90. The number of likely N-dealkylation sites (N-methyl/N-ethyl adjacent to an activating group) is 1. The lowest BCUT2D eigenvalue weighted by Gasteiger charge is -2.15. The minimum atomic E-state index is -0.789. The lowest BCUT2D eigenvalue weighted by Crippen LogP contribution is -2.25. The van der Waals surface area contributed by atoms with Crippen molar-refractivity contribution in [1.29, 1.82) is 0 Å². The molecular formula is C12H23N5O2. The summed E-state index contributed by atoms with van der Waals surface area (Å²) in [5.74, 6) is -0.157. The molecule has 7 heteroatoms.